The van der Waals surface area contributed by atoms with Gasteiger partial charge in [-0.15, -0.1) is 0 Å². The monoisotopic (exact) mass is 641 g/mol. The maximum absolute atomic E-state index is 14.6. The lowest BCUT2D eigenvalue weighted by molar-refractivity contribution is -0.140. The number of methoxy groups -OCH3 is 1. The molecule has 0 spiro atoms. The van der Waals surface area contributed by atoms with Gasteiger partial charge in [-0.25, -0.2) is 8.42 Å². The summed E-state index contributed by atoms with van der Waals surface area (Å²) in [5.41, 5.74) is 3.02. The molecule has 4 aromatic carbocycles. The lowest BCUT2D eigenvalue weighted by Gasteiger charge is -2.35. The Morgan fingerprint density at radius 1 is 0.826 bits per heavy atom. The second-order valence-electron chi connectivity index (χ2n) is 12.4. The van der Waals surface area contributed by atoms with E-state index in [0.29, 0.717) is 17.0 Å². The predicted octanol–water partition coefficient (Wildman–Crippen LogP) is 6.06. The predicted molar refractivity (Wildman–Crippen MR) is 182 cm³/mol. The summed E-state index contributed by atoms with van der Waals surface area (Å²) in [7, 11) is -2.61. The number of nitrogens with one attached hydrogen (secondary N) is 1. The number of aryl methyl sites for hydroxylation is 2. The highest BCUT2D eigenvalue weighted by Gasteiger charge is 2.36. The molecule has 242 valence electrons. The summed E-state index contributed by atoms with van der Waals surface area (Å²) in [6.45, 7) is 8.87. The number of hydrogen-bond donors (Lipinski definition) is 1. The highest BCUT2D eigenvalue weighted by atomic mass is 32.2. The standard InChI is InChI=1S/C37H43N3O5S/c1-27-19-21-32(22-20-27)46(43,44)40(33-18-11-10-13-28(33)2)26-35(41)39(25-30-16-12-17-31(23-30)45-6)34(36(42)38-37(3,4)5)24-29-14-8-7-9-15-29/h7-23,34H,24-26H2,1-6H3,(H,38,42)/t34-/m1/s1. The molecule has 0 aromatic heterocycles. The second kappa shape index (κ2) is 14.6. The Morgan fingerprint density at radius 3 is 2.09 bits per heavy atom. The van der Waals surface area contributed by atoms with E-state index in [4.69, 9.17) is 4.74 Å². The second-order valence-corrected chi connectivity index (χ2v) is 14.3. The molecule has 1 N–H and O–H groups in total. The molecule has 0 unspecified atom stereocenters. The zero-order valence-electron chi connectivity index (χ0n) is 27.4. The molecule has 0 saturated carbocycles. The average molecular weight is 642 g/mol. The Hall–Kier alpha value is -4.63. The third-order valence-electron chi connectivity index (χ3n) is 7.53. The van der Waals surface area contributed by atoms with E-state index in [2.05, 4.69) is 5.32 Å². The van der Waals surface area contributed by atoms with Gasteiger partial charge < -0.3 is 15.0 Å². The van der Waals surface area contributed by atoms with Crippen LogP contribution in [-0.2, 0) is 32.6 Å². The van der Waals surface area contributed by atoms with E-state index >= 15 is 0 Å². The molecule has 0 fully saturated rings. The largest absolute Gasteiger partial charge is 0.497 e. The number of hydrogen-bond acceptors (Lipinski definition) is 5. The Morgan fingerprint density at radius 2 is 1.46 bits per heavy atom. The summed E-state index contributed by atoms with van der Waals surface area (Å²) in [6, 6.07) is 29.4. The van der Waals surface area contributed by atoms with Crippen LogP contribution in [0.4, 0.5) is 5.69 Å². The third kappa shape index (κ3) is 8.75. The van der Waals surface area contributed by atoms with Gasteiger partial charge >= 0.3 is 0 Å². The Labute approximate surface area is 273 Å². The van der Waals surface area contributed by atoms with Gasteiger partial charge in [0.05, 0.1) is 17.7 Å². The molecular weight excluding hydrogens is 598 g/mol. The first-order valence-electron chi connectivity index (χ1n) is 15.2. The number of anilines is 1. The lowest BCUT2D eigenvalue weighted by atomic mass is 10.0. The normalized spacial score (nSPS) is 12.2. The highest BCUT2D eigenvalue weighted by molar-refractivity contribution is 7.92. The summed E-state index contributed by atoms with van der Waals surface area (Å²) in [5, 5.41) is 3.05. The van der Waals surface area contributed by atoms with Gasteiger partial charge in [-0.2, -0.15) is 0 Å². The van der Waals surface area contributed by atoms with Crippen molar-refractivity contribution in [1.82, 2.24) is 10.2 Å². The number of nitrogens with zero attached hydrogens (tertiary/aromatic N) is 2. The quantitative estimate of drug-likeness (QED) is 0.203. The van der Waals surface area contributed by atoms with Crippen molar-refractivity contribution in [2.75, 3.05) is 18.0 Å². The van der Waals surface area contributed by atoms with Gasteiger partial charge in [0, 0.05) is 18.5 Å². The minimum Gasteiger partial charge on any atom is -0.497 e. The smallest absolute Gasteiger partial charge is 0.264 e. The van der Waals surface area contributed by atoms with Gasteiger partial charge in [-0.05, 0) is 81.6 Å². The fraction of sp³-hybridized carbons (Fsp3) is 0.297. The van der Waals surface area contributed by atoms with Crippen molar-refractivity contribution in [3.8, 4) is 5.75 Å². The van der Waals surface area contributed by atoms with E-state index in [-0.39, 0.29) is 23.8 Å². The molecule has 9 heteroatoms. The van der Waals surface area contributed by atoms with E-state index in [9.17, 15) is 18.0 Å². The summed E-state index contributed by atoms with van der Waals surface area (Å²) in [4.78, 5) is 30.2. The van der Waals surface area contributed by atoms with Crippen molar-refractivity contribution in [2.45, 2.75) is 64.1 Å². The zero-order valence-corrected chi connectivity index (χ0v) is 28.2. The van der Waals surface area contributed by atoms with Crippen LogP contribution in [0.15, 0.2) is 108 Å². The molecule has 0 aliphatic heterocycles. The number of carbonyl (C=O) groups excluding carboxylic acids is 2. The van der Waals surface area contributed by atoms with Crippen LogP contribution >= 0.6 is 0 Å². The maximum Gasteiger partial charge on any atom is 0.264 e. The number of benzene rings is 4. The molecule has 8 nitrogen and oxygen atoms in total. The fourth-order valence-corrected chi connectivity index (χ4v) is 6.65. The fourth-order valence-electron chi connectivity index (χ4n) is 5.17. The van der Waals surface area contributed by atoms with Gasteiger partial charge in [0.25, 0.3) is 10.0 Å². The number of rotatable bonds is 12. The Bertz CT molecular complexity index is 1750. The summed E-state index contributed by atoms with van der Waals surface area (Å²) in [6.07, 6.45) is 0.230. The average Bonchev–Trinajstić information content (AvgIpc) is 3.01. The molecule has 0 bridgehead atoms. The Kier molecular flexibility index (Phi) is 10.9. The molecule has 1 atom stereocenters. The van der Waals surface area contributed by atoms with Gasteiger partial charge in [0.15, 0.2) is 0 Å². The summed E-state index contributed by atoms with van der Waals surface area (Å²) < 4.78 is 35.1. The van der Waals surface area contributed by atoms with E-state index in [1.54, 1.807) is 62.6 Å². The van der Waals surface area contributed by atoms with Gasteiger partial charge in [-0.1, -0.05) is 78.4 Å². The molecule has 46 heavy (non-hydrogen) atoms. The van der Waals surface area contributed by atoms with Crippen LogP contribution in [0.5, 0.6) is 5.75 Å². The van der Waals surface area contributed by atoms with Crippen LogP contribution in [0.25, 0.3) is 0 Å². The van der Waals surface area contributed by atoms with E-state index < -0.39 is 34.1 Å². The number of sulfonamides is 1. The van der Waals surface area contributed by atoms with Crippen molar-refractivity contribution in [1.29, 1.82) is 0 Å². The third-order valence-corrected chi connectivity index (χ3v) is 9.30. The molecule has 0 aliphatic rings. The summed E-state index contributed by atoms with van der Waals surface area (Å²) >= 11 is 0. The SMILES string of the molecule is COc1cccc(CN(C(=O)CN(c2ccccc2C)S(=O)(=O)c2ccc(C)cc2)[C@H](Cc2ccccc2)C(=O)NC(C)(C)C)c1. The van der Waals surface area contributed by atoms with Crippen LogP contribution in [0.2, 0.25) is 0 Å². The summed E-state index contributed by atoms with van der Waals surface area (Å²) in [5.74, 6) is -0.254. The first-order chi connectivity index (χ1) is 21.8. The minimum absolute atomic E-state index is 0.0529. The van der Waals surface area contributed by atoms with Crippen LogP contribution in [0.3, 0.4) is 0 Å². The van der Waals surface area contributed by atoms with Gasteiger partial charge in [0.2, 0.25) is 11.8 Å². The zero-order chi connectivity index (χ0) is 33.5. The maximum atomic E-state index is 14.6. The topological polar surface area (TPSA) is 96.0 Å². The van der Waals surface area contributed by atoms with E-state index in [0.717, 1.165) is 21.0 Å². The van der Waals surface area contributed by atoms with E-state index in [1.807, 2.05) is 82.3 Å². The van der Waals surface area contributed by atoms with Crippen molar-refractivity contribution in [2.24, 2.45) is 0 Å². The van der Waals surface area contributed by atoms with Crippen molar-refractivity contribution >= 4 is 27.5 Å². The number of para-hydroxylation sites is 1. The van der Waals surface area contributed by atoms with Crippen LogP contribution in [0.1, 0.15) is 43.0 Å². The molecular formula is C37H43N3O5S. The number of carbonyl (C=O) groups is 2. The van der Waals surface area contributed by atoms with Crippen molar-refractivity contribution < 1.29 is 22.7 Å². The van der Waals surface area contributed by atoms with Crippen LogP contribution in [0, 0.1) is 13.8 Å². The van der Waals surface area contributed by atoms with Crippen molar-refractivity contribution in [3.63, 3.8) is 0 Å². The molecule has 0 saturated heterocycles. The van der Waals surface area contributed by atoms with Crippen LogP contribution in [-0.4, -0.2) is 50.4 Å². The molecule has 4 aromatic rings. The number of amides is 2. The first kappa shape index (κ1) is 34.2. The van der Waals surface area contributed by atoms with E-state index in [1.165, 1.54) is 4.90 Å². The molecule has 2 amide bonds. The highest BCUT2D eigenvalue weighted by Crippen LogP contribution is 2.28. The lowest BCUT2D eigenvalue weighted by Crippen LogP contribution is -2.56. The Balaban J connectivity index is 1.84. The van der Waals surface area contributed by atoms with Gasteiger partial charge in [-0.3, -0.25) is 13.9 Å². The molecule has 0 heterocycles. The molecule has 0 aliphatic carbocycles. The van der Waals surface area contributed by atoms with Crippen LogP contribution < -0.4 is 14.4 Å². The number of ether oxygens (including phenoxy) is 1. The van der Waals surface area contributed by atoms with Gasteiger partial charge in [0.1, 0.15) is 18.3 Å². The van der Waals surface area contributed by atoms with Crippen molar-refractivity contribution in [3.05, 3.63) is 125 Å². The first-order valence-corrected chi connectivity index (χ1v) is 16.7. The molecule has 4 rings (SSSR count). The minimum atomic E-state index is -4.17. The molecule has 0 radical (unpaired) electrons.